The van der Waals surface area contributed by atoms with Crippen molar-refractivity contribution in [3.05, 3.63) is 57.5 Å². The molecule has 6 heteroatoms. The molecule has 3 nitrogen and oxygen atoms in total. The van der Waals surface area contributed by atoms with Gasteiger partial charge in [0, 0.05) is 10.7 Å². The summed E-state index contributed by atoms with van der Waals surface area (Å²) in [5.41, 5.74) is 0.563. The maximum atomic E-state index is 12.3. The molecule has 0 spiro atoms. The Morgan fingerprint density at radius 1 is 1.14 bits per heavy atom. The largest absolute Gasteiger partial charge is 0.481 e. The van der Waals surface area contributed by atoms with E-state index in [9.17, 15) is 4.79 Å². The highest BCUT2D eigenvalue weighted by Gasteiger charge is 2.19. The lowest BCUT2D eigenvalue weighted by atomic mass is 10.2. The number of rotatable bonds is 5. The first-order valence-corrected chi connectivity index (χ1v) is 7.81. The van der Waals surface area contributed by atoms with Crippen LogP contribution in [-0.4, -0.2) is 12.0 Å². The Hall–Kier alpha value is -1.42. The van der Waals surface area contributed by atoms with Gasteiger partial charge in [-0.2, -0.15) is 0 Å². The molecule has 2 aromatic carbocycles. The van der Waals surface area contributed by atoms with Crippen LogP contribution in [0.4, 0.5) is 5.69 Å². The molecule has 116 valence electrons. The van der Waals surface area contributed by atoms with E-state index in [4.69, 9.17) is 39.5 Å². The van der Waals surface area contributed by atoms with Crippen molar-refractivity contribution >= 4 is 46.4 Å². The third-order valence-electron chi connectivity index (χ3n) is 2.92. The highest BCUT2D eigenvalue weighted by atomic mass is 35.5. The van der Waals surface area contributed by atoms with Gasteiger partial charge in [-0.15, -0.1) is 0 Å². The zero-order valence-electron chi connectivity index (χ0n) is 11.8. The van der Waals surface area contributed by atoms with E-state index in [1.165, 1.54) is 0 Å². The molecule has 0 fully saturated rings. The van der Waals surface area contributed by atoms with Gasteiger partial charge in [-0.1, -0.05) is 47.8 Å². The van der Waals surface area contributed by atoms with Gasteiger partial charge < -0.3 is 10.1 Å². The van der Waals surface area contributed by atoms with Crippen molar-refractivity contribution in [2.24, 2.45) is 0 Å². The van der Waals surface area contributed by atoms with Crippen LogP contribution in [0.2, 0.25) is 15.1 Å². The third-order valence-corrected chi connectivity index (χ3v) is 3.90. The molecule has 0 unspecified atom stereocenters. The Morgan fingerprint density at radius 3 is 2.55 bits per heavy atom. The molecular formula is C16H14Cl3NO2. The molecule has 0 aliphatic rings. The molecular weight excluding hydrogens is 345 g/mol. The number of amides is 1. The quantitative estimate of drug-likeness (QED) is 0.772. The lowest BCUT2D eigenvalue weighted by Gasteiger charge is -2.17. The minimum atomic E-state index is -0.632. The van der Waals surface area contributed by atoms with Gasteiger partial charge in [-0.3, -0.25) is 4.79 Å². The summed E-state index contributed by atoms with van der Waals surface area (Å²) in [7, 11) is 0. The normalized spacial score (nSPS) is 11.8. The van der Waals surface area contributed by atoms with E-state index in [0.29, 0.717) is 32.9 Å². The maximum absolute atomic E-state index is 12.3. The van der Waals surface area contributed by atoms with Crippen molar-refractivity contribution < 1.29 is 9.53 Å². The van der Waals surface area contributed by atoms with Crippen molar-refractivity contribution in [3.63, 3.8) is 0 Å². The van der Waals surface area contributed by atoms with Crippen molar-refractivity contribution in [2.75, 3.05) is 5.32 Å². The van der Waals surface area contributed by atoms with Crippen molar-refractivity contribution in [1.29, 1.82) is 0 Å². The number of halogens is 3. The number of benzene rings is 2. The van der Waals surface area contributed by atoms with Crippen LogP contribution in [-0.2, 0) is 4.79 Å². The SMILES string of the molecule is CC[C@H](Oc1cccc(Cl)c1)C(=O)Nc1ccc(Cl)c(Cl)c1. The predicted octanol–water partition coefficient (Wildman–Crippen LogP) is 5.44. The molecule has 2 rings (SSSR count). The molecule has 22 heavy (non-hydrogen) atoms. The van der Waals surface area contributed by atoms with E-state index in [1.54, 1.807) is 42.5 Å². The van der Waals surface area contributed by atoms with Gasteiger partial charge in [0.25, 0.3) is 5.91 Å². The summed E-state index contributed by atoms with van der Waals surface area (Å²) in [6.45, 7) is 1.86. The van der Waals surface area contributed by atoms with Gasteiger partial charge in [0.1, 0.15) is 5.75 Å². The van der Waals surface area contributed by atoms with Gasteiger partial charge in [0.15, 0.2) is 6.10 Å². The Balaban J connectivity index is 2.06. The minimum Gasteiger partial charge on any atom is -0.481 e. The fourth-order valence-electron chi connectivity index (χ4n) is 1.82. The van der Waals surface area contributed by atoms with Crippen LogP contribution in [0.15, 0.2) is 42.5 Å². The molecule has 1 amide bonds. The summed E-state index contributed by atoms with van der Waals surface area (Å²) in [5.74, 6) is 0.282. The minimum absolute atomic E-state index is 0.263. The van der Waals surface area contributed by atoms with Crippen molar-refractivity contribution in [2.45, 2.75) is 19.4 Å². The number of anilines is 1. The topological polar surface area (TPSA) is 38.3 Å². The molecule has 0 heterocycles. The lowest BCUT2D eigenvalue weighted by molar-refractivity contribution is -0.122. The second-order valence-electron chi connectivity index (χ2n) is 4.59. The smallest absolute Gasteiger partial charge is 0.265 e. The zero-order valence-corrected chi connectivity index (χ0v) is 14.0. The molecule has 0 radical (unpaired) electrons. The average molecular weight is 359 g/mol. The number of hydrogen-bond donors (Lipinski definition) is 1. The number of hydrogen-bond acceptors (Lipinski definition) is 2. The molecule has 0 saturated carbocycles. The Kier molecular flexibility index (Phi) is 5.95. The number of ether oxygens (including phenoxy) is 1. The highest BCUT2D eigenvalue weighted by Crippen LogP contribution is 2.25. The monoisotopic (exact) mass is 357 g/mol. The van der Waals surface area contributed by atoms with Gasteiger partial charge in [0.05, 0.1) is 10.0 Å². The zero-order chi connectivity index (χ0) is 16.1. The second kappa shape index (κ2) is 7.73. The summed E-state index contributed by atoms with van der Waals surface area (Å²) < 4.78 is 5.68. The number of carbonyl (C=O) groups is 1. The summed E-state index contributed by atoms with van der Waals surface area (Å²) in [4.78, 5) is 12.3. The molecule has 1 N–H and O–H groups in total. The molecule has 0 bridgehead atoms. The maximum Gasteiger partial charge on any atom is 0.265 e. The van der Waals surface area contributed by atoms with Crippen molar-refractivity contribution in [3.8, 4) is 5.75 Å². The van der Waals surface area contributed by atoms with Crippen LogP contribution in [0, 0.1) is 0 Å². The molecule has 0 saturated heterocycles. The first-order valence-electron chi connectivity index (χ1n) is 6.67. The van der Waals surface area contributed by atoms with Crippen LogP contribution >= 0.6 is 34.8 Å². The third kappa shape index (κ3) is 4.54. The van der Waals surface area contributed by atoms with Crippen LogP contribution in [0.3, 0.4) is 0 Å². The fourth-order valence-corrected chi connectivity index (χ4v) is 2.30. The predicted molar refractivity (Wildman–Crippen MR) is 91.3 cm³/mol. The lowest BCUT2D eigenvalue weighted by Crippen LogP contribution is -2.32. The Bertz CT molecular complexity index is 676. The molecule has 0 aliphatic carbocycles. The van der Waals surface area contributed by atoms with Gasteiger partial charge in [-0.05, 0) is 42.8 Å². The molecule has 0 aromatic heterocycles. The second-order valence-corrected chi connectivity index (χ2v) is 5.84. The van der Waals surface area contributed by atoms with E-state index in [0.717, 1.165) is 0 Å². The summed E-state index contributed by atoms with van der Waals surface area (Å²) in [5, 5.41) is 4.12. The first-order chi connectivity index (χ1) is 10.5. The number of carbonyl (C=O) groups excluding carboxylic acids is 1. The van der Waals surface area contributed by atoms with E-state index in [-0.39, 0.29) is 5.91 Å². The summed E-state index contributed by atoms with van der Waals surface area (Å²) in [6, 6.07) is 11.8. The Morgan fingerprint density at radius 2 is 1.91 bits per heavy atom. The highest BCUT2D eigenvalue weighted by molar-refractivity contribution is 6.42. The van der Waals surface area contributed by atoms with Crippen LogP contribution in [0.1, 0.15) is 13.3 Å². The fraction of sp³-hybridized carbons (Fsp3) is 0.188. The van der Waals surface area contributed by atoms with Crippen LogP contribution in [0.25, 0.3) is 0 Å². The molecule has 0 aliphatic heterocycles. The van der Waals surface area contributed by atoms with Gasteiger partial charge >= 0.3 is 0 Å². The van der Waals surface area contributed by atoms with Gasteiger partial charge in [-0.25, -0.2) is 0 Å². The number of nitrogens with one attached hydrogen (secondary N) is 1. The summed E-state index contributed by atoms with van der Waals surface area (Å²) in [6.07, 6.45) is -0.118. The average Bonchev–Trinajstić information content (AvgIpc) is 2.48. The first kappa shape index (κ1) is 16.9. The molecule has 2 aromatic rings. The summed E-state index contributed by atoms with van der Waals surface area (Å²) >= 11 is 17.7. The van der Waals surface area contributed by atoms with E-state index >= 15 is 0 Å². The molecule has 1 atom stereocenters. The van der Waals surface area contributed by atoms with Gasteiger partial charge in [0.2, 0.25) is 0 Å². The van der Waals surface area contributed by atoms with E-state index in [2.05, 4.69) is 5.32 Å². The van der Waals surface area contributed by atoms with Crippen LogP contribution < -0.4 is 10.1 Å². The van der Waals surface area contributed by atoms with E-state index < -0.39 is 6.10 Å². The van der Waals surface area contributed by atoms with Crippen LogP contribution in [0.5, 0.6) is 5.75 Å². The Labute approximate surface area is 144 Å². The van der Waals surface area contributed by atoms with Crippen molar-refractivity contribution in [1.82, 2.24) is 0 Å². The van der Waals surface area contributed by atoms with E-state index in [1.807, 2.05) is 6.92 Å². The standard InChI is InChI=1S/C16H14Cl3NO2/c1-2-15(22-12-5-3-4-10(17)8-12)16(21)20-11-6-7-13(18)14(19)9-11/h3-9,15H,2H2,1H3,(H,20,21)/t15-/m0/s1.